The van der Waals surface area contributed by atoms with Crippen molar-refractivity contribution in [2.75, 3.05) is 27.2 Å². The van der Waals surface area contributed by atoms with Crippen LogP contribution in [0, 0.1) is 0 Å². The van der Waals surface area contributed by atoms with Gasteiger partial charge < -0.3 is 25.2 Å². The summed E-state index contributed by atoms with van der Waals surface area (Å²) in [6.45, 7) is -0.689. The Morgan fingerprint density at radius 2 is 2.00 bits per heavy atom. The highest BCUT2D eigenvalue weighted by molar-refractivity contribution is 5.81. The van der Waals surface area contributed by atoms with Gasteiger partial charge in [0.05, 0.1) is 13.7 Å². The number of esters is 1. The summed E-state index contributed by atoms with van der Waals surface area (Å²) in [5.74, 6) is -2.03. The molecule has 0 rings (SSSR count). The molecule has 0 aliphatic carbocycles. The van der Waals surface area contributed by atoms with Crippen LogP contribution in [-0.2, 0) is 14.3 Å². The number of aliphatic carboxylic acids is 1. The smallest absolute Gasteiger partial charge is 0.334 e. The maximum atomic E-state index is 11.2. The Morgan fingerprint density at radius 3 is 2.44 bits per heavy atom. The number of urea groups is 1. The largest absolute Gasteiger partial charge is 0.479 e. The van der Waals surface area contributed by atoms with Crippen molar-refractivity contribution in [3.05, 3.63) is 0 Å². The molecule has 16 heavy (non-hydrogen) atoms. The Labute approximate surface area is 91.8 Å². The standard InChI is InChI=1S/C8H14N2O6/c1-10(4-6(12)16-2)8(15)9-3-5(11)7(13)14/h5,11H,3-4H2,1-2H3,(H,9,15)(H,13,14)/t5-/m0/s1. The highest BCUT2D eigenvalue weighted by atomic mass is 16.5. The van der Waals surface area contributed by atoms with Crippen LogP contribution < -0.4 is 5.32 Å². The van der Waals surface area contributed by atoms with Gasteiger partial charge >= 0.3 is 18.0 Å². The van der Waals surface area contributed by atoms with Gasteiger partial charge in [-0.1, -0.05) is 0 Å². The summed E-state index contributed by atoms with van der Waals surface area (Å²) in [6, 6.07) is -0.675. The number of carboxylic acid groups (broad SMARTS) is 1. The van der Waals surface area contributed by atoms with Gasteiger partial charge in [0.15, 0.2) is 6.10 Å². The molecule has 92 valence electrons. The highest BCUT2D eigenvalue weighted by Gasteiger charge is 2.17. The molecule has 8 heteroatoms. The second-order valence-corrected chi connectivity index (χ2v) is 2.97. The fourth-order valence-corrected chi connectivity index (χ4v) is 0.736. The Kier molecular flexibility index (Phi) is 5.86. The third-order valence-corrected chi connectivity index (χ3v) is 1.67. The Morgan fingerprint density at radius 1 is 1.44 bits per heavy atom. The lowest BCUT2D eigenvalue weighted by molar-refractivity contribution is -0.146. The number of amides is 2. The van der Waals surface area contributed by atoms with E-state index in [0.717, 1.165) is 4.90 Å². The minimum Gasteiger partial charge on any atom is -0.479 e. The zero-order valence-corrected chi connectivity index (χ0v) is 8.97. The van der Waals surface area contributed by atoms with Crippen LogP contribution in [-0.4, -0.2) is 66.4 Å². The molecule has 0 saturated carbocycles. The predicted molar refractivity (Wildman–Crippen MR) is 51.7 cm³/mol. The van der Waals surface area contributed by atoms with E-state index >= 15 is 0 Å². The number of nitrogens with one attached hydrogen (secondary N) is 1. The molecule has 0 fully saturated rings. The SMILES string of the molecule is COC(=O)CN(C)C(=O)NC[C@H](O)C(=O)O. The average Bonchev–Trinajstić information content (AvgIpc) is 2.24. The third-order valence-electron chi connectivity index (χ3n) is 1.67. The maximum absolute atomic E-state index is 11.2. The van der Waals surface area contributed by atoms with Crippen molar-refractivity contribution in [3.63, 3.8) is 0 Å². The van der Waals surface area contributed by atoms with Crippen molar-refractivity contribution in [2.24, 2.45) is 0 Å². The van der Waals surface area contributed by atoms with Gasteiger partial charge in [0.25, 0.3) is 0 Å². The molecule has 8 nitrogen and oxygen atoms in total. The lowest BCUT2D eigenvalue weighted by atomic mass is 10.3. The Balaban J connectivity index is 3.97. The quantitative estimate of drug-likeness (QED) is 0.485. The molecule has 0 unspecified atom stereocenters. The van der Waals surface area contributed by atoms with E-state index in [-0.39, 0.29) is 6.54 Å². The molecular weight excluding hydrogens is 220 g/mol. The van der Waals surface area contributed by atoms with Gasteiger partial charge in [-0.05, 0) is 0 Å². The number of ether oxygens (including phenoxy) is 1. The first-order valence-electron chi connectivity index (χ1n) is 4.35. The highest BCUT2D eigenvalue weighted by Crippen LogP contribution is 1.87. The number of carboxylic acids is 1. The molecule has 0 heterocycles. The summed E-state index contributed by atoms with van der Waals surface area (Å²) in [6.07, 6.45) is -1.67. The van der Waals surface area contributed by atoms with E-state index in [1.165, 1.54) is 14.2 Å². The molecule has 0 saturated heterocycles. The van der Waals surface area contributed by atoms with Crippen molar-refractivity contribution in [1.29, 1.82) is 0 Å². The summed E-state index contributed by atoms with van der Waals surface area (Å²) in [5.41, 5.74) is 0. The van der Waals surface area contributed by atoms with Gasteiger partial charge in [0.1, 0.15) is 6.54 Å². The molecule has 1 atom stereocenters. The number of hydrogen-bond donors (Lipinski definition) is 3. The lowest BCUT2D eigenvalue weighted by Gasteiger charge is -2.17. The Hall–Kier alpha value is -1.83. The van der Waals surface area contributed by atoms with Crippen LogP contribution in [0.5, 0.6) is 0 Å². The number of rotatable bonds is 5. The second kappa shape index (κ2) is 6.62. The van der Waals surface area contributed by atoms with Crippen molar-refractivity contribution in [2.45, 2.75) is 6.10 Å². The fraction of sp³-hybridized carbons (Fsp3) is 0.625. The maximum Gasteiger partial charge on any atom is 0.334 e. The van der Waals surface area contributed by atoms with E-state index in [2.05, 4.69) is 10.1 Å². The van der Waals surface area contributed by atoms with Gasteiger partial charge in [-0.15, -0.1) is 0 Å². The molecule has 0 aromatic carbocycles. The van der Waals surface area contributed by atoms with Crippen LogP contribution in [0.2, 0.25) is 0 Å². The number of likely N-dealkylation sites (N-methyl/N-ethyl adjacent to an activating group) is 1. The first-order valence-corrected chi connectivity index (χ1v) is 4.35. The number of aliphatic hydroxyl groups excluding tert-OH is 1. The zero-order chi connectivity index (χ0) is 12.7. The van der Waals surface area contributed by atoms with Crippen molar-refractivity contribution in [1.82, 2.24) is 10.2 Å². The average molecular weight is 234 g/mol. The molecule has 0 aliphatic rings. The third kappa shape index (κ3) is 5.15. The van der Waals surface area contributed by atoms with Crippen molar-refractivity contribution >= 4 is 18.0 Å². The summed E-state index contributed by atoms with van der Waals surface area (Å²) in [5, 5.41) is 19.3. The first-order chi connectivity index (χ1) is 7.38. The molecule has 0 aliphatic heterocycles. The van der Waals surface area contributed by atoms with E-state index in [0.29, 0.717) is 0 Å². The number of carbonyl (C=O) groups is 3. The van der Waals surface area contributed by atoms with Gasteiger partial charge in [0, 0.05) is 7.05 Å². The minimum atomic E-state index is -1.67. The fourth-order valence-electron chi connectivity index (χ4n) is 0.736. The molecule has 0 bridgehead atoms. The predicted octanol–water partition coefficient (Wildman–Crippen LogP) is -1.75. The summed E-state index contributed by atoms with van der Waals surface area (Å²) in [7, 11) is 2.52. The van der Waals surface area contributed by atoms with Gasteiger partial charge in [-0.3, -0.25) is 4.79 Å². The molecule has 3 N–H and O–H groups in total. The monoisotopic (exact) mass is 234 g/mol. The number of carbonyl (C=O) groups excluding carboxylic acids is 2. The summed E-state index contributed by atoms with van der Waals surface area (Å²) in [4.78, 5) is 33.2. The van der Waals surface area contributed by atoms with Gasteiger partial charge in [0.2, 0.25) is 0 Å². The van der Waals surface area contributed by atoms with Crippen LogP contribution in [0.3, 0.4) is 0 Å². The number of nitrogens with zero attached hydrogens (tertiary/aromatic N) is 1. The van der Waals surface area contributed by atoms with Crippen molar-refractivity contribution in [3.8, 4) is 0 Å². The van der Waals surface area contributed by atoms with Gasteiger partial charge in [-0.25, -0.2) is 9.59 Å². The van der Waals surface area contributed by atoms with Crippen LogP contribution >= 0.6 is 0 Å². The Bertz CT molecular complexity index is 280. The molecular formula is C8H14N2O6. The van der Waals surface area contributed by atoms with Gasteiger partial charge in [-0.2, -0.15) is 0 Å². The lowest BCUT2D eigenvalue weighted by Crippen LogP contribution is -2.44. The topological polar surface area (TPSA) is 116 Å². The molecule has 0 radical (unpaired) electrons. The molecule has 0 aromatic heterocycles. The number of aliphatic hydroxyl groups is 1. The number of hydrogen-bond acceptors (Lipinski definition) is 5. The molecule has 2 amide bonds. The van der Waals surface area contributed by atoms with Crippen LogP contribution in [0.1, 0.15) is 0 Å². The van der Waals surface area contributed by atoms with E-state index in [4.69, 9.17) is 10.2 Å². The summed E-state index contributed by atoms with van der Waals surface area (Å²) >= 11 is 0. The van der Waals surface area contributed by atoms with Crippen LogP contribution in [0.4, 0.5) is 4.79 Å². The van der Waals surface area contributed by atoms with Crippen LogP contribution in [0.25, 0.3) is 0 Å². The van der Waals surface area contributed by atoms with E-state index in [1.54, 1.807) is 0 Å². The summed E-state index contributed by atoms with van der Waals surface area (Å²) < 4.78 is 4.33. The normalized spacial score (nSPS) is 11.4. The second-order valence-electron chi connectivity index (χ2n) is 2.97. The van der Waals surface area contributed by atoms with Crippen LogP contribution in [0.15, 0.2) is 0 Å². The van der Waals surface area contributed by atoms with E-state index < -0.39 is 30.6 Å². The molecule has 0 spiro atoms. The first kappa shape index (κ1) is 14.2. The minimum absolute atomic E-state index is 0.258. The van der Waals surface area contributed by atoms with E-state index in [1.807, 2.05) is 0 Å². The zero-order valence-electron chi connectivity index (χ0n) is 8.97. The number of methoxy groups -OCH3 is 1. The van der Waals surface area contributed by atoms with Crippen molar-refractivity contribution < 1.29 is 29.3 Å². The van der Waals surface area contributed by atoms with E-state index in [9.17, 15) is 14.4 Å². The molecule has 0 aromatic rings.